The molecule has 40 heavy (non-hydrogen) atoms. The normalized spacial score (nSPS) is 15.8. The van der Waals surface area contributed by atoms with Crippen molar-refractivity contribution in [2.75, 3.05) is 0 Å². The minimum atomic E-state index is -0.154. The third kappa shape index (κ3) is 5.69. The van der Waals surface area contributed by atoms with E-state index in [0.717, 1.165) is 46.3 Å². The van der Waals surface area contributed by atoms with Gasteiger partial charge < -0.3 is 9.88 Å². The Kier molecular flexibility index (Phi) is 7.99. The van der Waals surface area contributed by atoms with Crippen LogP contribution in [0.3, 0.4) is 0 Å². The monoisotopic (exact) mass is 528 g/mol. The van der Waals surface area contributed by atoms with Crippen LogP contribution in [0.5, 0.6) is 0 Å². The van der Waals surface area contributed by atoms with Gasteiger partial charge in [-0.1, -0.05) is 98.5 Å². The predicted octanol–water partition coefficient (Wildman–Crippen LogP) is 7.44. The second kappa shape index (κ2) is 12.3. The molecule has 5 nitrogen and oxygen atoms in total. The highest BCUT2D eigenvalue weighted by atomic mass is 16.1. The van der Waals surface area contributed by atoms with Gasteiger partial charge in [0.15, 0.2) is 0 Å². The number of amides is 1. The van der Waals surface area contributed by atoms with Crippen LogP contribution in [0.15, 0.2) is 110 Å². The lowest BCUT2D eigenvalue weighted by molar-refractivity contribution is -0.124. The van der Waals surface area contributed by atoms with Gasteiger partial charge in [-0.05, 0) is 59.7 Å². The minimum Gasteiger partial charge on any atom is -0.351 e. The van der Waals surface area contributed by atoms with Gasteiger partial charge >= 0.3 is 0 Å². The van der Waals surface area contributed by atoms with E-state index in [2.05, 4.69) is 63.4 Å². The third-order valence-corrected chi connectivity index (χ3v) is 8.30. The van der Waals surface area contributed by atoms with Crippen LogP contribution in [0, 0.1) is 5.92 Å². The number of pyridine rings is 1. The zero-order valence-electron chi connectivity index (χ0n) is 22.8. The molecule has 5 heteroatoms. The summed E-state index contributed by atoms with van der Waals surface area (Å²) in [5.41, 5.74) is 6.32. The summed E-state index contributed by atoms with van der Waals surface area (Å²) in [6, 6.07) is 33.0. The Bertz CT molecular complexity index is 1520. The van der Waals surface area contributed by atoms with Crippen LogP contribution < -0.4 is 5.32 Å². The fourth-order valence-corrected chi connectivity index (χ4v) is 6.26. The molecular weight excluding hydrogens is 492 g/mol. The largest absolute Gasteiger partial charge is 0.351 e. The minimum absolute atomic E-state index is 0.120. The Morgan fingerprint density at radius 1 is 0.775 bits per heavy atom. The molecule has 3 aromatic carbocycles. The maximum absolute atomic E-state index is 13.8. The van der Waals surface area contributed by atoms with Crippen molar-refractivity contribution in [2.24, 2.45) is 5.92 Å². The molecule has 0 radical (unpaired) electrons. The summed E-state index contributed by atoms with van der Waals surface area (Å²) in [6.45, 7) is 0.552. The first-order chi connectivity index (χ1) is 19.8. The van der Waals surface area contributed by atoms with Crippen LogP contribution in [0.1, 0.15) is 72.9 Å². The maximum Gasteiger partial charge on any atom is 0.228 e. The number of rotatable bonds is 8. The lowest BCUT2D eigenvalue weighted by Gasteiger charge is -2.27. The number of imidazole rings is 1. The van der Waals surface area contributed by atoms with Crippen LogP contribution in [0.25, 0.3) is 11.0 Å². The zero-order chi connectivity index (χ0) is 27.1. The van der Waals surface area contributed by atoms with E-state index in [1.807, 2.05) is 61.1 Å². The number of nitrogens with zero attached hydrogens (tertiary/aromatic N) is 3. The number of hydrogen-bond acceptors (Lipinski definition) is 3. The van der Waals surface area contributed by atoms with Crippen molar-refractivity contribution >= 4 is 16.9 Å². The van der Waals surface area contributed by atoms with Crippen molar-refractivity contribution in [2.45, 2.75) is 57.0 Å². The predicted molar refractivity (Wildman–Crippen MR) is 160 cm³/mol. The smallest absolute Gasteiger partial charge is 0.228 e. The molecule has 1 fully saturated rings. The summed E-state index contributed by atoms with van der Waals surface area (Å²) in [7, 11) is 0. The quantitative estimate of drug-likeness (QED) is 0.213. The SMILES string of the molecule is O=C(NCc1ccccc1)C(c1ccc(C(c2ccccn2)n2cnc3ccccc32)cc1)C1CCCCCC1. The molecule has 1 amide bonds. The van der Waals surface area contributed by atoms with Crippen molar-refractivity contribution in [3.05, 3.63) is 132 Å². The molecule has 6 rings (SSSR count). The Morgan fingerprint density at radius 3 is 2.23 bits per heavy atom. The molecule has 202 valence electrons. The van der Waals surface area contributed by atoms with E-state index in [1.165, 1.54) is 25.7 Å². The van der Waals surface area contributed by atoms with Crippen LogP contribution >= 0.6 is 0 Å². The molecule has 0 aliphatic heterocycles. The van der Waals surface area contributed by atoms with Gasteiger partial charge in [0.05, 0.1) is 29.0 Å². The average Bonchev–Trinajstić information content (AvgIpc) is 3.24. The number of nitrogens with one attached hydrogen (secondary N) is 1. The highest BCUT2D eigenvalue weighted by molar-refractivity contribution is 5.84. The molecule has 0 saturated heterocycles. The molecule has 2 heterocycles. The number of para-hydroxylation sites is 2. The molecule has 2 aromatic heterocycles. The molecule has 1 aliphatic carbocycles. The van der Waals surface area contributed by atoms with Gasteiger partial charge in [-0.3, -0.25) is 9.78 Å². The molecule has 2 unspecified atom stereocenters. The molecule has 2 atom stereocenters. The lowest BCUT2D eigenvalue weighted by Crippen LogP contribution is -2.33. The van der Waals surface area contributed by atoms with E-state index in [4.69, 9.17) is 4.98 Å². The topological polar surface area (TPSA) is 59.8 Å². The number of benzene rings is 3. The summed E-state index contributed by atoms with van der Waals surface area (Å²) in [6.07, 6.45) is 10.9. The third-order valence-electron chi connectivity index (χ3n) is 8.30. The molecule has 1 aliphatic rings. The van der Waals surface area contributed by atoms with Crippen molar-refractivity contribution in [1.82, 2.24) is 19.9 Å². The van der Waals surface area contributed by atoms with Crippen molar-refractivity contribution in [1.29, 1.82) is 0 Å². The van der Waals surface area contributed by atoms with E-state index in [9.17, 15) is 4.79 Å². The number of carbonyl (C=O) groups excluding carboxylic acids is 1. The first-order valence-corrected chi connectivity index (χ1v) is 14.5. The van der Waals surface area contributed by atoms with Gasteiger partial charge in [-0.2, -0.15) is 0 Å². The van der Waals surface area contributed by atoms with Crippen LogP contribution in [-0.4, -0.2) is 20.4 Å². The molecular formula is C35H36N4O. The Balaban J connectivity index is 1.33. The van der Waals surface area contributed by atoms with Crippen LogP contribution in [-0.2, 0) is 11.3 Å². The number of aromatic nitrogens is 3. The zero-order valence-corrected chi connectivity index (χ0v) is 22.8. The van der Waals surface area contributed by atoms with Crippen molar-refractivity contribution < 1.29 is 4.79 Å². The first kappa shape index (κ1) is 26.0. The Morgan fingerprint density at radius 2 is 1.48 bits per heavy atom. The van der Waals surface area contributed by atoms with Gasteiger partial charge in [0.25, 0.3) is 0 Å². The van der Waals surface area contributed by atoms with Crippen LogP contribution in [0.4, 0.5) is 0 Å². The molecule has 5 aromatic rings. The highest BCUT2D eigenvalue weighted by Crippen LogP contribution is 2.37. The Hall–Kier alpha value is -4.25. The van der Waals surface area contributed by atoms with Gasteiger partial charge in [0.2, 0.25) is 5.91 Å². The second-order valence-electron chi connectivity index (χ2n) is 10.9. The second-order valence-corrected chi connectivity index (χ2v) is 10.9. The van der Waals surface area contributed by atoms with E-state index in [1.54, 1.807) is 0 Å². The van der Waals surface area contributed by atoms with E-state index >= 15 is 0 Å². The van der Waals surface area contributed by atoms with Gasteiger partial charge in [0.1, 0.15) is 6.04 Å². The molecule has 1 N–H and O–H groups in total. The molecule has 0 bridgehead atoms. The number of carbonyl (C=O) groups is 1. The maximum atomic E-state index is 13.8. The van der Waals surface area contributed by atoms with Gasteiger partial charge in [-0.25, -0.2) is 4.98 Å². The molecule has 0 spiro atoms. The number of hydrogen-bond donors (Lipinski definition) is 1. The van der Waals surface area contributed by atoms with Gasteiger partial charge in [-0.15, -0.1) is 0 Å². The highest BCUT2D eigenvalue weighted by Gasteiger charge is 2.31. The first-order valence-electron chi connectivity index (χ1n) is 14.5. The fraction of sp³-hybridized carbons (Fsp3) is 0.286. The summed E-state index contributed by atoms with van der Waals surface area (Å²) in [5, 5.41) is 3.26. The van der Waals surface area contributed by atoms with E-state index in [-0.39, 0.29) is 17.9 Å². The summed E-state index contributed by atoms with van der Waals surface area (Å²) < 4.78 is 2.20. The van der Waals surface area contributed by atoms with E-state index in [0.29, 0.717) is 12.5 Å². The van der Waals surface area contributed by atoms with Crippen LogP contribution in [0.2, 0.25) is 0 Å². The Labute approximate surface area is 236 Å². The van der Waals surface area contributed by atoms with Gasteiger partial charge in [0, 0.05) is 12.7 Å². The lowest BCUT2D eigenvalue weighted by atomic mass is 9.80. The van der Waals surface area contributed by atoms with Crippen molar-refractivity contribution in [3.63, 3.8) is 0 Å². The van der Waals surface area contributed by atoms with Crippen molar-refractivity contribution in [3.8, 4) is 0 Å². The van der Waals surface area contributed by atoms with E-state index < -0.39 is 0 Å². The number of fused-ring (bicyclic) bond motifs is 1. The summed E-state index contributed by atoms with van der Waals surface area (Å²) in [5.74, 6) is 0.330. The standard InChI is InChI=1S/C35H36N4O/c40-35(37-24-26-12-4-3-5-13-26)33(27-14-6-1-2-7-15-27)28-19-21-29(22-20-28)34(31-17-10-11-23-36-31)39-25-38-30-16-8-9-18-32(30)39/h3-5,8-13,16-23,25,27,33-34H,1-2,6-7,14-15,24H2,(H,37,40). The summed E-state index contributed by atoms with van der Waals surface area (Å²) in [4.78, 5) is 23.2. The average molecular weight is 529 g/mol. The summed E-state index contributed by atoms with van der Waals surface area (Å²) >= 11 is 0. The fourth-order valence-electron chi connectivity index (χ4n) is 6.26. The molecule has 1 saturated carbocycles.